The van der Waals surface area contributed by atoms with Gasteiger partial charge in [0.05, 0.1) is 0 Å². The minimum atomic E-state index is -4.78. The Morgan fingerprint density at radius 3 is 0.581 bits per heavy atom. The van der Waals surface area contributed by atoms with E-state index in [2.05, 4.69) is 227 Å². The van der Waals surface area contributed by atoms with Crippen LogP contribution in [0.5, 0.6) is 0 Å². The third-order valence-electron chi connectivity index (χ3n) is 14.0. The summed E-state index contributed by atoms with van der Waals surface area (Å²) < 4.78 is 35.8. The van der Waals surface area contributed by atoms with E-state index in [0.29, 0.717) is 0 Å². The fourth-order valence-corrected chi connectivity index (χ4v) is 29.6. The second kappa shape index (κ2) is 20.0. The van der Waals surface area contributed by atoms with Crippen LogP contribution in [0.3, 0.4) is 0 Å². The Kier molecular flexibility index (Phi) is 17.9. The van der Waals surface area contributed by atoms with Crippen LogP contribution in [-0.2, 0) is 0 Å². The van der Waals surface area contributed by atoms with Crippen molar-refractivity contribution in [3.8, 4) is 0 Å². The van der Waals surface area contributed by atoms with Gasteiger partial charge in [0.25, 0.3) is 0 Å². The first-order chi connectivity index (χ1) is 28.4. The van der Waals surface area contributed by atoms with Crippen LogP contribution < -0.4 is 0 Å². The molecule has 0 bridgehead atoms. The summed E-state index contributed by atoms with van der Waals surface area (Å²) in [7, 11) is 49.9. The molecule has 4 heterocycles. The Bertz CT molecular complexity index is 1440. The van der Waals surface area contributed by atoms with E-state index in [1.165, 1.54) is 0 Å². The Hall–Kier alpha value is 0.830. The molecule has 62 heavy (non-hydrogen) atoms. The molecule has 22 heteroatoms. The molecular formula is C40H88BrN16P5. The zero-order chi connectivity index (χ0) is 47.5. The maximum atomic E-state index is 6.53. The molecule has 360 valence electrons. The van der Waals surface area contributed by atoms with Crippen LogP contribution in [0.15, 0.2) is 19.1 Å². The number of hydrogen-bond acceptors (Lipinski definition) is 16. The molecule has 4 rings (SSSR count). The number of hydrogen-bond donors (Lipinski definition) is 0. The number of rotatable bonds is 16. The second-order valence-corrected chi connectivity index (χ2v) is 36.0. The van der Waals surface area contributed by atoms with Crippen molar-refractivity contribution >= 4 is 75.5 Å². The van der Waals surface area contributed by atoms with Gasteiger partial charge in [0, 0.05) is 0 Å². The fourth-order valence-electron chi connectivity index (χ4n) is 10.6. The van der Waals surface area contributed by atoms with Crippen molar-refractivity contribution in [2.24, 2.45) is 19.1 Å². The average molecular weight is 1030 g/mol. The fraction of sp³-hybridized carbons (Fsp3) is 0.900. The van der Waals surface area contributed by atoms with Crippen molar-refractivity contribution in [1.82, 2.24) is 57.9 Å². The summed E-state index contributed by atoms with van der Waals surface area (Å²) in [6, 6.07) is 0. The first kappa shape index (κ1) is 55.4. The van der Waals surface area contributed by atoms with Crippen LogP contribution in [0.25, 0.3) is 0 Å². The van der Waals surface area contributed by atoms with Crippen molar-refractivity contribution in [3.05, 3.63) is 0 Å². The summed E-state index contributed by atoms with van der Waals surface area (Å²) in [5.74, 6) is -4.78. The molecule has 0 aromatic rings. The summed E-state index contributed by atoms with van der Waals surface area (Å²) in [5, 5.41) is 0. The quantitative estimate of drug-likeness (QED) is 0.138. The van der Waals surface area contributed by atoms with Gasteiger partial charge in [-0.3, -0.25) is 0 Å². The maximum absolute atomic E-state index is 6.53. The molecule has 4 fully saturated rings. The Labute approximate surface area is 392 Å². The van der Waals surface area contributed by atoms with Gasteiger partial charge in [0.1, 0.15) is 0 Å². The van der Waals surface area contributed by atoms with Crippen LogP contribution in [0.4, 0.5) is 0 Å². The van der Waals surface area contributed by atoms with Crippen molar-refractivity contribution in [3.63, 3.8) is 0 Å². The number of nitrogens with zero attached hydrogens (tertiary/aromatic N) is 16. The van der Waals surface area contributed by atoms with E-state index < -0.39 is 60.8 Å². The van der Waals surface area contributed by atoms with Gasteiger partial charge in [-0.25, -0.2) is 0 Å². The van der Waals surface area contributed by atoms with E-state index in [1.54, 1.807) is 0 Å². The Morgan fingerprint density at radius 1 is 0.323 bits per heavy atom. The first-order valence-corrected chi connectivity index (χ1v) is 31.7. The number of halogens is 1. The van der Waals surface area contributed by atoms with Gasteiger partial charge in [-0.1, -0.05) is 0 Å². The molecule has 0 spiro atoms. The van der Waals surface area contributed by atoms with Crippen molar-refractivity contribution in [2.45, 2.75) is 48.3 Å². The minimum absolute atomic E-state index is 0.486. The van der Waals surface area contributed by atoms with Gasteiger partial charge in [-0.2, -0.15) is 0 Å². The van der Waals surface area contributed by atoms with E-state index in [9.17, 15) is 0 Å². The summed E-state index contributed by atoms with van der Waals surface area (Å²) in [4.78, 5) is 19.1. The molecule has 0 radical (unpaired) electrons. The summed E-state index contributed by atoms with van der Waals surface area (Å²) in [6.45, 7) is 0. The molecule has 16 nitrogen and oxygen atoms in total. The van der Waals surface area contributed by atoms with Crippen molar-refractivity contribution < 1.29 is 0 Å². The normalized spacial score (nSPS) is 30.0. The molecule has 0 amide bonds. The van der Waals surface area contributed by atoms with Gasteiger partial charge >= 0.3 is 395 Å². The molecule has 0 aromatic heterocycles. The van der Waals surface area contributed by atoms with Crippen molar-refractivity contribution in [1.29, 1.82) is 0 Å². The van der Waals surface area contributed by atoms with E-state index in [4.69, 9.17) is 34.5 Å². The molecular weight excluding hydrogens is 939 g/mol. The molecule has 4 saturated heterocycles. The van der Waals surface area contributed by atoms with E-state index in [1.807, 2.05) is 0 Å². The molecule has 0 saturated carbocycles. The topological polar surface area (TPSA) is 88.3 Å². The molecule has 4 aliphatic rings. The summed E-state index contributed by atoms with van der Waals surface area (Å²) >= 11 is 4.84. The first-order valence-electron chi connectivity index (χ1n) is 21.8. The van der Waals surface area contributed by atoms with E-state index in [0.717, 1.165) is 72.1 Å². The van der Waals surface area contributed by atoms with Crippen LogP contribution in [-0.4, -0.2) is 296 Å². The summed E-state index contributed by atoms with van der Waals surface area (Å²) in [6.07, 6.45) is 7.81. The molecule has 4 atom stereocenters. The van der Waals surface area contributed by atoms with Gasteiger partial charge in [0.15, 0.2) is 0 Å². The zero-order valence-electron chi connectivity index (χ0n) is 43.4. The van der Waals surface area contributed by atoms with Crippen LogP contribution in [0, 0.1) is 0 Å². The summed E-state index contributed by atoms with van der Waals surface area (Å²) in [5.41, 5.74) is 2.58. The van der Waals surface area contributed by atoms with Crippen LogP contribution in [0.1, 0.15) is 25.7 Å². The van der Waals surface area contributed by atoms with E-state index in [-0.39, 0.29) is 0 Å². The van der Waals surface area contributed by atoms with Crippen LogP contribution in [0.2, 0.25) is 0 Å². The molecule has 0 aliphatic carbocycles. The van der Waals surface area contributed by atoms with Gasteiger partial charge in [-0.15, -0.1) is 0 Å². The van der Waals surface area contributed by atoms with Crippen molar-refractivity contribution in [2.75, 3.05) is 194 Å². The predicted molar refractivity (Wildman–Crippen MR) is 286 cm³/mol. The molecule has 0 N–H and O–H groups in total. The third kappa shape index (κ3) is 9.32. The van der Waals surface area contributed by atoms with Gasteiger partial charge in [-0.05, 0) is 0 Å². The molecule has 4 aliphatic heterocycles. The van der Waals surface area contributed by atoms with Gasteiger partial charge in [0.2, 0.25) is 0 Å². The Morgan fingerprint density at radius 2 is 0.468 bits per heavy atom. The predicted octanol–water partition coefficient (Wildman–Crippen LogP) is 5.83. The SMILES string of the molecule is CN(C)P1CCC(N(C)C)(N(C)C)C1=NP(Br)(N=C1P(N(C)C)CCC1(N(C)C)N(C)C)(N=C1P(N(C)C)CCC1(N(C)C)N(C)C)N=C1P(N(C)C)CCC1(N(C)C)N(C)C. The Balaban J connectivity index is 2.59. The van der Waals surface area contributed by atoms with E-state index >= 15 is 0 Å². The van der Waals surface area contributed by atoms with Crippen LogP contribution >= 0.6 is 53.7 Å². The standard InChI is InChI=1S/C40H88BrN16P5/c1-46(2)37(47(3)4)25-29-58(54(17)18)33(37)42-62(41,43-34-38(48(5)6,49(7)8)26-30-59(34)55(19)20,44-35-39(50(9)10,51(11)12)27-31-60(35)56(21)22)45-36-40(52(13)14,53(15)16)28-32-61(36)57(23)24/h25-32H2,1-24H3. The monoisotopic (exact) mass is 1030 g/mol. The second-order valence-electron chi connectivity index (χ2n) is 19.8. The zero-order valence-corrected chi connectivity index (χ0v) is 49.5. The molecule has 0 aromatic carbocycles. The molecule has 4 unspecified atom stereocenters. The average Bonchev–Trinajstić information content (AvgIpc) is 3.89. The van der Waals surface area contributed by atoms with Gasteiger partial charge < -0.3 is 0 Å². The third-order valence-corrected chi connectivity index (χ3v) is 29.0.